The Morgan fingerprint density at radius 1 is 1.19 bits per heavy atom. The number of fused-ring (bicyclic) bond motifs is 1. The van der Waals surface area contributed by atoms with Gasteiger partial charge in [0.25, 0.3) is 5.91 Å². The molecular weight excluding hydrogens is 478 g/mol. The van der Waals surface area contributed by atoms with Crippen molar-refractivity contribution in [3.05, 3.63) is 40.5 Å². The topological polar surface area (TPSA) is 96.5 Å². The summed E-state index contributed by atoms with van der Waals surface area (Å²) in [6.45, 7) is 4.01. The second kappa shape index (κ2) is 11.1. The van der Waals surface area contributed by atoms with Gasteiger partial charge < -0.3 is 20.3 Å². The lowest BCUT2D eigenvalue weighted by Crippen LogP contribution is -2.44. The molecule has 0 spiro atoms. The SMILES string of the molecule is CC(NC(=O)CN1Cc2ccc(-c3nc(NC4CCOCC4)ncc3Cl)cc2C1=O)C1CCCCC1. The van der Waals surface area contributed by atoms with E-state index in [0.29, 0.717) is 34.7 Å². The van der Waals surface area contributed by atoms with Crippen LogP contribution in [0.3, 0.4) is 0 Å². The molecule has 1 atom stereocenters. The molecule has 1 unspecified atom stereocenters. The smallest absolute Gasteiger partial charge is 0.254 e. The van der Waals surface area contributed by atoms with Gasteiger partial charge in [0.15, 0.2) is 0 Å². The number of carbonyl (C=O) groups is 2. The second-order valence-electron chi connectivity index (χ2n) is 10.2. The molecule has 2 fully saturated rings. The Morgan fingerprint density at radius 3 is 2.75 bits per heavy atom. The van der Waals surface area contributed by atoms with Gasteiger partial charge in [0.2, 0.25) is 11.9 Å². The molecule has 2 aromatic rings. The Balaban J connectivity index is 1.25. The maximum absolute atomic E-state index is 13.2. The highest BCUT2D eigenvalue weighted by Gasteiger charge is 2.30. The van der Waals surface area contributed by atoms with Crippen molar-refractivity contribution in [2.24, 2.45) is 5.92 Å². The zero-order chi connectivity index (χ0) is 25.1. The number of carbonyl (C=O) groups excluding carboxylic acids is 2. The van der Waals surface area contributed by atoms with E-state index in [4.69, 9.17) is 16.3 Å². The van der Waals surface area contributed by atoms with Crippen LogP contribution in [0, 0.1) is 5.92 Å². The summed E-state index contributed by atoms with van der Waals surface area (Å²) in [6, 6.07) is 6.07. The summed E-state index contributed by atoms with van der Waals surface area (Å²) in [6.07, 6.45) is 9.47. The molecule has 8 nitrogen and oxygen atoms in total. The zero-order valence-electron chi connectivity index (χ0n) is 20.8. The number of hydrogen-bond donors (Lipinski definition) is 2. The van der Waals surface area contributed by atoms with E-state index in [9.17, 15) is 9.59 Å². The number of hydrogen-bond acceptors (Lipinski definition) is 6. The molecule has 3 heterocycles. The lowest BCUT2D eigenvalue weighted by molar-refractivity contribution is -0.122. The van der Waals surface area contributed by atoms with Crippen LogP contribution in [0.1, 0.15) is 67.8 Å². The van der Waals surface area contributed by atoms with E-state index in [-0.39, 0.29) is 30.4 Å². The average molecular weight is 512 g/mol. The summed E-state index contributed by atoms with van der Waals surface area (Å²) in [5, 5.41) is 6.91. The van der Waals surface area contributed by atoms with E-state index < -0.39 is 0 Å². The molecule has 0 bridgehead atoms. The number of rotatable bonds is 7. The van der Waals surface area contributed by atoms with Gasteiger partial charge in [-0.05, 0) is 50.2 Å². The van der Waals surface area contributed by atoms with Crippen LogP contribution in [-0.2, 0) is 16.1 Å². The van der Waals surface area contributed by atoms with Crippen molar-refractivity contribution in [3.8, 4) is 11.3 Å². The van der Waals surface area contributed by atoms with Crippen molar-refractivity contribution in [2.45, 2.75) is 70.5 Å². The Labute approximate surface area is 217 Å². The highest BCUT2D eigenvalue weighted by atomic mass is 35.5. The van der Waals surface area contributed by atoms with Crippen molar-refractivity contribution in [3.63, 3.8) is 0 Å². The molecule has 2 amide bonds. The van der Waals surface area contributed by atoms with E-state index >= 15 is 0 Å². The van der Waals surface area contributed by atoms with Crippen molar-refractivity contribution in [1.82, 2.24) is 20.2 Å². The van der Waals surface area contributed by atoms with Crippen molar-refractivity contribution < 1.29 is 14.3 Å². The summed E-state index contributed by atoms with van der Waals surface area (Å²) in [5.41, 5.74) is 2.83. The molecule has 1 aromatic heterocycles. The lowest BCUT2D eigenvalue weighted by Gasteiger charge is -2.28. The number of nitrogens with zero attached hydrogens (tertiary/aromatic N) is 3. The van der Waals surface area contributed by atoms with Crippen molar-refractivity contribution in [2.75, 3.05) is 25.1 Å². The van der Waals surface area contributed by atoms with Gasteiger partial charge in [-0.3, -0.25) is 9.59 Å². The van der Waals surface area contributed by atoms with Crippen LogP contribution >= 0.6 is 11.6 Å². The first-order valence-corrected chi connectivity index (χ1v) is 13.4. The Morgan fingerprint density at radius 2 is 1.97 bits per heavy atom. The Bertz CT molecular complexity index is 1110. The minimum absolute atomic E-state index is 0.0628. The molecule has 2 N–H and O–H groups in total. The molecule has 0 radical (unpaired) electrons. The van der Waals surface area contributed by atoms with Crippen LogP contribution in [0.25, 0.3) is 11.3 Å². The molecule has 1 saturated heterocycles. The number of aromatic nitrogens is 2. The summed E-state index contributed by atoms with van der Waals surface area (Å²) >= 11 is 6.45. The van der Waals surface area contributed by atoms with E-state index in [1.54, 1.807) is 11.1 Å². The first kappa shape index (κ1) is 25.0. The number of amides is 2. The van der Waals surface area contributed by atoms with Gasteiger partial charge in [-0.1, -0.05) is 43.0 Å². The van der Waals surface area contributed by atoms with Crippen LogP contribution in [-0.4, -0.2) is 58.5 Å². The second-order valence-corrected chi connectivity index (χ2v) is 10.6. The van der Waals surface area contributed by atoms with Crippen molar-refractivity contribution >= 4 is 29.4 Å². The predicted octanol–water partition coefficient (Wildman–Crippen LogP) is 4.43. The van der Waals surface area contributed by atoms with E-state index in [1.165, 1.54) is 19.3 Å². The van der Waals surface area contributed by atoms with Crippen LogP contribution in [0.2, 0.25) is 5.02 Å². The fraction of sp³-hybridized carbons (Fsp3) is 0.556. The fourth-order valence-electron chi connectivity index (χ4n) is 5.52. The largest absolute Gasteiger partial charge is 0.381 e. The summed E-state index contributed by atoms with van der Waals surface area (Å²) in [4.78, 5) is 36.5. The maximum Gasteiger partial charge on any atom is 0.254 e. The molecule has 5 rings (SSSR count). The molecule has 36 heavy (non-hydrogen) atoms. The van der Waals surface area contributed by atoms with Crippen LogP contribution in [0.15, 0.2) is 24.4 Å². The van der Waals surface area contributed by atoms with Crippen LogP contribution in [0.4, 0.5) is 5.95 Å². The van der Waals surface area contributed by atoms with E-state index in [0.717, 1.165) is 50.0 Å². The molecule has 3 aliphatic rings. The first-order chi connectivity index (χ1) is 17.5. The lowest BCUT2D eigenvalue weighted by atomic mass is 9.84. The van der Waals surface area contributed by atoms with Crippen LogP contribution in [0.5, 0.6) is 0 Å². The third-order valence-electron chi connectivity index (χ3n) is 7.64. The molecule has 1 saturated carbocycles. The standard InChI is InChI=1S/C27H34ClN5O3/c1-17(18-5-3-2-4-6-18)30-24(34)16-33-15-20-8-7-19(13-22(20)26(33)35)25-23(28)14-29-27(32-25)31-21-9-11-36-12-10-21/h7-8,13-14,17-18,21H,2-6,9-12,15-16H2,1H3,(H,30,34)(H,29,31,32). The summed E-state index contributed by atoms with van der Waals surface area (Å²) in [5.74, 6) is 0.800. The number of halogens is 1. The predicted molar refractivity (Wildman–Crippen MR) is 139 cm³/mol. The normalized spacial score (nSPS) is 19.7. The van der Waals surface area contributed by atoms with Gasteiger partial charge in [0, 0.05) is 43.0 Å². The maximum atomic E-state index is 13.2. The third kappa shape index (κ3) is 5.65. The Kier molecular flexibility index (Phi) is 7.72. The highest BCUT2D eigenvalue weighted by Crippen LogP contribution is 2.32. The number of ether oxygens (including phenoxy) is 1. The number of benzene rings is 1. The average Bonchev–Trinajstić information content (AvgIpc) is 3.20. The quantitative estimate of drug-likeness (QED) is 0.571. The third-order valence-corrected chi connectivity index (χ3v) is 7.92. The minimum Gasteiger partial charge on any atom is -0.381 e. The van der Waals surface area contributed by atoms with Gasteiger partial charge in [-0.15, -0.1) is 0 Å². The molecule has 192 valence electrons. The van der Waals surface area contributed by atoms with Crippen LogP contribution < -0.4 is 10.6 Å². The fourth-order valence-corrected chi connectivity index (χ4v) is 5.72. The van der Waals surface area contributed by atoms with Crippen molar-refractivity contribution in [1.29, 1.82) is 0 Å². The number of anilines is 1. The van der Waals surface area contributed by atoms with Gasteiger partial charge in [0.05, 0.1) is 16.9 Å². The highest BCUT2D eigenvalue weighted by molar-refractivity contribution is 6.33. The molecular formula is C27H34ClN5O3. The number of nitrogens with one attached hydrogen (secondary N) is 2. The zero-order valence-corrected chi connectivity index (χ0v) is 21.5. The van der Waals surface area contributed by atoms with Gasteiger partial charge in [-0.2, -0.15) is 0 Å². The summed E-state index contributed by atoms with van der Waals surface area (Å²) in [7, 11) is 0. The monoisotopic (exact) mass is 511 g/mol. The molecule has 1 aromatic carbocycles. The molecule has 9 heteroatoms. The Hall–Kier alpha value is -2.71. The van der Waals surface area contributed by atoms with Gasteiger partial charge >= 0.3 is 0 Å². The minimum atomic E-state index is -0.141. The van der Waals surface area contributed by atoms with E-state index in [1.807, 2.05) is 18.2 Å². The van der Waals surface area contributed by atoms with E-state index in [2.05, 4.69) is 27.5 Å². The van der Waals surface area contributed by atoms with Gasteiger partial charge in [-0.25, -0.2) is 9.97 Å². The molecule has 2 aliphatic heterocycles. The summed E-state index contributed by atoms with van der Waals surface area (Å²) < 4.78 is 5.42. The van der Waals surface area contributed by atoms with Gasteiger partial charge in [0.1, 0.15) is 6.54 Å². The molecule has 1 aliphatic carbocycles. The first-order valence-electron chi connectivity index (χ1n) is 13.1.